The quantitative estimate of drug-likeness (QED) is 0.476. The first-order chi connectivity index (χ1) is 13.6. The van der Waals surface area contributed by atoms with Crippen molar-refractivity contribution < 1.29 is 10.2 Å². The summed E-state index contributed by atoms with van der Waals surface area (Å²) in [6.07, 6.45) is 6.66. The standard InChI is InChI=1S/C26H39O2P/c1-8-10-12-20-14-18(3)24(27)22(16-20)29(26(5,6)7)23-17-21(13-11-9-2)15-19(4)25(23)28/h14-17,27-28H,8-13H2,1-7H3. The van der Waals surface area contributed by atoms with E-state index in [2.05, 4.69) is 58.9 Å². The molecule has 0 radical (unpaired) electrons. The summed E-state index contributed by atoms with van der Waals surface area (Å²) in [5, 5.41) is 24.0. The number of hydrogen-bond acceptors (Lipinski definition) is 2. The molecule has 0 aliphatic heterocycles. The second-order valence-corrected chi connectivity index (χ2v) is 12.3. The number of aromatic hydroxyl groups is 2. The van der Waals surface area contributed by atoms with Gasteiger partial charge in [-0.2, -0.15) is 0 Å². The van der Waals surface area contributed by atoms with Crippen LogP contribution >= 0.6 is 7.92 Å². The lowest BCUT2D eigenvalue weighted by molar-refractivity contribution is 0.474. The van der Waals surface area contributed by atoms with E-state index in [1.807, 2.05) is 13.8 Å². The van der Waals surface area contributed by atoms with E-state index >= 15 is 0 Å². The fourth-order valence-corrected chi connectivity index (χ4v) is 6.98. The van der Waals surface area contributed by atoms with Crippen molar-refractivity contribution in [3.05, 3.63) is 46.5 Å². The molecule has 0 saturated carbocycles. The number of benzene rings is 2. The lowest BCUT2D eigenvalue weighted by Gasteiger charge is -2.34. The molecule has 0 heterocycles. The monoisotopic (exact) mass is 414 g/mol. The molecule has 0 aromatic heterocycles. The molecule has 2 nitrogen and oxygen atoms in total. The molecule has 3 heteroatoms. The van der Waals surface area contributed by atoms with Crippen LogP contribution in [-0.4, -0.2) is 15.4 Å². The molecule has 0 atom stereocenters. The highest BCUT2D eigenvalue weighted by molar-refractivity contribution is 7.74. The highest BCUT2D eigenvalue weighted by atomic mass is 31.1. The lowest BCUT2D eigenvalue weighted by atomic mass is 10.1. The fourth-order valence-electron chi connectivity index (χ4n) is 3.91. The molecule has 2 aromatic rings. The number of unbranched alkanes of at least 4 members (excludes halogenated alkanes) is 2. The maximum absolute atomic E-state index is 11.0. The molecule has 0 saturated heterocycles. The van der Waals surface area contributed by atoms with Crippen molar-refractivity contribution in [3.8, 4) is 11.5 Å². The van der Waals surface area contributed by atoms with Crippen molar-refractivity contribution in [2.45, 2.75) is 92.1 Å². The summed E-state index contributed by atoms with van der Waals surface area (Å²) in [6.45, 7) is 15.1. The van der Waals surface area contributed by atoms with E-state index in [9.17, 15) is 10.2 Å². The topological polar surface area (TPSA) is 40.5 Å². The Morgan fingerprint density at radius 2 is 1.10 bits per heavy atom. The van der Waals surface area contributed by atoms with Gasteiger partial charge in [-0.1, -0.05) is 59.6 Å². The van der Waals surface area contributed by atoms with Gasteiger partial charge in [0.2, 0.25) is 0 Å². The zero-order chi connectivity index (χ0) is 21.8. The summed E-state index contributed by atoms with van der Waals surface area (Å²) in [5.74, 6) is 0.782. The van der Waals surface area contributed by atoms with E-state index in [1.165, 1.54) is 11.1 Å². The van der Waals surface area contributed by atoms with Crippen LogP contribution in [0.2, 0.25) is 0 Å². The molecule has 0 aliphatic rings. The molecule has 0 aliphatic carbocycles. The number of aryl methyl sites for hydroxylation is 4. The summed E-state index contributed by atoms with van der Waals surface area (Å²) >= 11 is 0. The van der Waals surface area contributed by atoms with Crippen molar-refractivity contribution in [2.24, 2.45) is 0 Å². The Balaban J connectivity index is 2.68. The molecule has 29 heavy (non-hydrogen) atoms. The Bertz CT molecular complexity index is 770. The van der Waals surface area contributed by atoms with E-state index in [0.29, 0.717) is 11.5 Å². The van der Waals surface area contributed by atoms with Gasteiger partial charge < -0.3 is 10.2 Å². The highest BCUT2D eigenvalue weighted by Crippen LogP contribution is 2.52. The van der Waals surface area contributed by atoms with Gasteiger partial charge in [0.05, 0.1) is 0 Å². The summed E-state index contributed by atoms with van der Waals surface area (Å²) in [6, 6.07) is 8.63. The van der Waals surface area contributed by atoms with Crippen LogP contribution in [0.15, 0.2) is 24.3 Å². The third-order valence-corrected chi connectivity index (χ3v) is 8.46. The number of phenols is 2. The zero-order valence-electron chi connectivity index (χ0n) is 19.4. The van der Waals surface area contributed by atoms with Gasteiger partial charge in [0.1, 0.15) is 11.5 Å². The Kier molecular flexibility index (Phi) is 8.18. The summed E-state index contributed by atoms with van der Waals surface area (Å²) in [5.41, 5.74) is 4.44. The number of phenolic OH excluding ortho intramolecular Hbond substituents is 2. The summed E-state index contributed by atoms with van der Waals surface area (Å²) < 4.78 is 0. The zero-order valence-corrected chi connectivity index (χ0v) is 20.3. The molecule has 2 rings (SSSR count). The van der Waals surface area contributed by atoms with Gasteiger partial charge in [-0.3, -0.25) is 0 Å². The van der Waals surface area contributed by atoms with Crippen LogP contribution in [0.1, 0.15) is 82.6 Å². The second kappa shape index (κ2) is 9.98. The molecule has 0 amide bonds. The molecule has 0 spiro atoms. The molecule has 2 N–H and O–H groups in total. The van der Waals surface area contributed by atoms with E-state index in [0.717, 1.165) is 60.3 Å². The van der Waals surface area contributed by atoms with Crippen molar-refractivity contribution in [1.29, 1.82) is 0 Å². The molecule has 2 aromatic carbocycles. The first-order valence-electron chi connectivity index (χ1n) is 11.0. The fraction of sp³-hybridized carbons (Fsp3) is 0.538. The summed E-state index contributed by atoms with van der Waals surface area (Å²) in [4.78, 5) is 0. The predicted octanol–water partition coefficient (Wildman–Crippen LogP) is 6.63. The van der Waals surface area contributed by atoms with Crippen LogP contribution in [0.3, 0.4) is 0 Å². The largest absolute Gasteiger partial charge is 0.507 e. The predicted molar refractivity (Wildman–Crippen MR) is 129 cm³/mol. The van der Waals surface area contributed by atoms with Crippen LogP contribution in [0.25, 0.3) is 0 Å². The third-order valence-electron chi connectivity index (χ3n) is 5.47. The van der Waals surface area contributed by atoms with Gasteiger partial charge in [-0.05, 0) is 87.0 Å². The molecule has 0 bridgehead atoms. The molecular weight excluding hydrogens is 375 g/mol. The van der Waals surface area contributed by atoms with E-state index < -0.39 is 7.92 Å². The Labute approximate surface area is 179 Å². The van der Waals surface area contributed by atoms with E-state index in [1.54, 1.807) is 0 Å². The van der Waals surface area contributed by atoms with Crippen LogP contribution in [0.4, 0.5) is 0 Å². The minimum atomic E-state index is -0.928. The summed E-state index contributed by atoms with van der Waals surface area (Å²) in [7, 11) is -0.928. The molecular formula is C26H39O2P. The highest BCUT2D eigenvalue weighted by Gasteiger charge is 2.33. The first-order valence-corrected chi connectivity index (χ1v) is 12.4. The minimum absolute atomic E-state index is 0.0874. The van der Waals surface area contributed by atoms with Crippen LogP contribution in [0, 0.1) is 13.8 Å². The van der Waals surface area contributed by atoms with Gasteiger partial charge >= 0.3 is 0 Å². The first kappa shape index (κ1) is 23.7. The molecule has 0 fully saturated rings. The van der Waals surface area contributed by atoms with Gasteiger partial charge in [-0.15, -0.1) is 0 Å². The maximum Gasteiger partial charge on any atom is 0.126 e. The van der Waals surface area contributed by atoms with Gasteiger partial charge in [0.15, 0.2) is 0 Å². The van der Waals surface area contributed by atoms with Crippen molar-refractivity contribution in [2.75, 3.05) is 0 Å². The Morgan fingerprint density at radius 3 is 1.41 bits per heavy atom. The normalized spacial score (nSPS) is 12.0. The van der Waals surface area contributed by atoms with E-state index in [-0.39, 0.29) is 5.16 Å². The van der Waals surface area contributed by atoms with Crippen molar-refractivity contribution in [1.82, 2.24) is 0 Å². The maximum atomic E-state index is 11.0. The van der Waals surface area contributed by atoms with Crippen LogP contribution < -0.4 is 10.6 Å². The number of hydrogen-bond donors (Lipinski definition) is 2. The Hall–Kier alpha value is -1.53. The smallest absolute Gasteiger partial charge is 0.126 e. The van der Waals surface area contributed by atoms with Crippen molar-refractivity contribution >= 4 is 18.5 Å². The van der Waals surface area contributed by atoms with Gasteiger partial charge in [0, 0.05) is 10.6 Å². The number of rotatable bonds is 8. The van der Waals surface area contributed by atoms with Gasteiger partial charge in [-0.25, -0.2) is 0 Å². The molecule has 160 valence electrons. The molecule has 0 unspecified atom stereocenters. The average Bonchev–Trinajstić information content (AvgIpc) is 2.64. The van der Waals surface area contributed by atoms with Crippen LogP contribution in [0.5, 0.6) is 11.5 Å². The lowest BCUT2D eigenvalue weighted by Crippen LogP contribution is -2.28. The average molecular weight is 415 g/mol. The van der Waals surface area contributed by atoms with Gasteiger partial charge in [0.25, 0.3) is 0 Å². The second-order valence-electron chi connectivity index (χ2n) is 9.27. The van der Waals surface area contributed by atoms with E-state index in [4.69, 9.17) is 0 Å². The minimum Gasteiger partial charge on any atom is -0.507 e. The third kappa shape index (κ3) is 5.76. The van der Waals surface area contributed by atoms with Crippen molar-refractivity contribution in [3.63, 3.8) is 0 Å². The SMILES string of the molecule is CCCCc1cc(C)c(O)c(P(c2cc(CCCC)cc(C)c2O)C(C)(C)C)c1. The Morgan fingerprint density at radius 1 is 0.724 bits per heavy atom. The van der Waals surface area contributed by atoms with Crippen LogP contribution in [-0.2, 0) is 12.8 Å².